The van der Waals surface area contributed by atoms with Gasteiger partial charge >= 0.3 is 5.57 Å². The molecule has 6 nitrogen and oxygen atoms in total. The molecule has 0 bridgehead atoms. The molecule has 1 N–H and O–H groups in total. The molecule has 1 aliphatic rings. The van der Waals surface area contributed by atoms with Gasteiger partial charge in [0.05, 0.1) is 24.5 Å². The van der Waals surface area contributed by atoms with E-state index in [2.05, 4.69) is 10.1 Å². The molecule has 31 heavy (non-hydrogen) atoms. The first-order chi connectivity index (χ1) is 14.8. The summed E-state index contributed by atoms with van der Waals surface area (Å²) in [6.45, 7) is 1.02. The molecule has 0 radical (unpaired) electrons. The Labute approximate surface area is 181 Å². The number of alkyl halides is 3. The van der Waals surface area contributed by atoms with Crippen molar-refractivity contribution in [2.75, 3.05) is 11.9 Å². The van der Waals surface area contributed by atoms with E-state index < -0.39 is 11.5 Å². The highest BCUT2D eigenvalue weighted by Crippen LogP contribution is 2.26. The maximum Gasteiger partial charge on any atom is 0.487 e. The lowest BCUT2D eigenvalue weighted by Gasteiger charge is -2.20. The topological polar surface area (TPSA) is 69.6 Å². The average Bonchev–Trinajstić information content (AvgIpc) is 2.74. The van der Waals surface area contributed by atoms with Crippen molar-refractivity contribution in [3.63, 3.8) is 0 Å². The Morgan fingerprint density at radius 3 is 2.65 bits per heavy atom. The molecule has 1 aromatic heterocycles. The Morgan fingerprint density at radius 2 is 1.90 bits per heavy atom. The van der Waals surface area contributed by atoms with Gasteiger partial charge in [0.1, 0.15) is 5.75 Å². The molecule has 160 valence electrons. The molecule has 0 atom stereocenters. The van der Waals surface area contributed by atoms with E-state index in [9.17, 15) is 18.4 Å². The number of amides is 1. The lowest BCUT2D eigenvalue weighted by Crippen LogP contribution is -2.23. The van der Waals surface area contributed by atoms with Gasteiger partial charge in [-0.2, -0.15) is 0 Å². The van der Waals surface area contributed by atoms with Crippen molar-refractivity contribution in [2.45, 2.75) is 18.6 Å². The highest BCUT2D eigenvalue weighted by Gasteiger charge is 2.27. The zero-order valence-corrected chi connectivity index (χ0v) is 16.9. The minimum atomic E-state index is -3.82. The molecule has 0 spiro atoms. The van der Waals surface area contributed by atoms with Crippen LogP contribution >= 0.6 is 11.6 Å². The summed E-state index contributed by atoms with van der Waals surface area (Å²) in [4.78, 5) is 25.2. The quantitative estimate of drug-likeness (QED) is 0.592. The number of nitrogens with one attached hydrogen (secondary N) is 1. The minimum Gasteiger partial charge on any atom is -0.420 e. The van der Waals surface area contributed by atoms with E-state index in [-0.39, 0.29) is 16.9 Å². The molecule has 0 unspecified atom stereocenters. The van der Waals surface area contributed by atoms with Gasteiger partial charge in [0.25, 0.3) is 11.5 Å². The van der Waals surface area contributed by atoms with Gasteiger partial charge in [-0.05, 0) is 48.4 Å². The van der Waals surface area contributed by atoms with Crippen LogP contribution in [-0.4, -0.2) is 22.6 Å². The first kappa shape index (κ1) is 21.0. The standard InChI is InChI=1S/C22H17ClF2N2O4/c23-22(24,25)31-17-7-5-16(6-8-17)26-21(29)15-4-9-20(28)27(12-15)19-3-1-2-14-10-11-30-13-18(14)19/h1-9,12H,10-11,13H2,(H,26,29). The number of hydrogen-bond acceptors (Lipinski definition) is 4. The van der Waals surface area contributed by atoms with Crippen molar-refractivity contribution in [2.24, 2.45) is 0 Å². The van der Waals surface area contributed by atoms with Crippen LogP contribution in [0.2, 0.25) is 0 Å². The minimum absolute atomic E-state index is 0.150. The van der Waals surface area contributed by atoms with Crippen LogP contribution in [0.15, 0.2) is 65.6 Å². The van der Waals surface area contributed by atoms with Gasteiger partial charge in [-0.25, -0.2) is 0 Å². The summed E-state index contributed by atoms with van der Waals surface area (Å²) < 4.78 is 36.6. The number of aromatic nitrogens is 1. The second kappa shape index (κ2) is 8.49. The molecule has 9 heteroatoms. The summed E-state index contributed by atoms with van der Waals surface area (Å²) in [5, 5.41) is 2.65. The summed E-state index contributed by atoms with van der Waals surface area (Å²) >= 11 is 4.73. The summed E-state index contributed by atoms with van der Waals surface area (Å²) in [5.74, 6) is -0.617. The number of ether oxygens (including phenoxy) is 2. The molecule has 2 aromatic carbocycles. The van der Waals surface area contributed by atoms with Gasteiger partial charge in [0, 0.05) is 35.1 Å². The van der Waals surface area contributed by atoms with E-state index in [0.29, 0.717) is 24.6 Å². The van der Waals surface area contributed by atoms with E-state index in [4.69, 9.17) is 16.3 Å². The Bertz CT molecular complexity index is 1170. The molecule has 0 fully saturated rings. The number of fused-ring (bicyclic) bond motifs is 1. The Balaban J connectivity index is 1.58. The van der Waals surface area contributed by atoms with Crippen LogP contribution in [0.25, 0.3) is 5.69 Å². The molecule has 4 rings (SSSR count). The third-order valence-corrected chi connectivity index (χ3v) is 4.87. The predicted octanol–water partition coefficient (Wildman–Crippen LogP) is 4.33. The molecule has 1 aliphatic heterocycles. The number of hydrogen-bond donors (Lipinski definition) is 1. The molecule has 2 heterocycles. The summed E-state index contributed by atoms with van der Waals surface area (Å²) in [6, 6.07) is 13.7. The third kappa shape index (κ3) is 4.92. The maximum absolute atomic E-state index is 12.7. The number of anilines is 1. The van der Waals surface area contributed by atoms with Gasteiger partial charge in [-0.1, -0.05) is 12.1 Å². The highest BCUT2D eigenvalue weighted by atomic mass is 35.5. The van der Waals surface area contributed by atoms with Crippen molar-refractivity contribution >= 4 is 23.2 Å². The lowest BCUT2D eigenvalue weighted by molar-refractivity contribution is -0.0964. The summed E-state index contributed by atoms with van der Waals surface area (Å²) in [5.41, 5.74) is -0.796. The Morgan fingerprint density at radius 1 is 1.13 bits per heavy atom. The van der Waals surface area contributed by atoms with Crippen LogP contribution in [0.4, 0.5) is 14.5 Å². The van der Waals surface area contributed by atoms with Crippen LogP contribution in [0.1, 0.15) is 21.5 Å². The first-order valence-electron chi connectivity index (χ1n) is 9.39. The molecule has 3 aromatic rings. The van der Waals surface area contributed by atoms with Crippen molar-refractivity contribution in [1.29, 1.82) is 0 Å². The monoisotopic (exact) mass is 446 g/mol. The van der Waals surface area contributed by atoms with E-state index >= 15 is 0 Å². The number of benzene rings is 2. The van der Waals surface area contributed by atoms with Crippen molar-refractivity contribution in [3.8, 4) is 11.4 Å². The number of halogens is 3. The third-order valence-electron chi connectivity index (χ3n) is 4.79. The van der Waals surface area contributed by atoms with Crippen LogP contribution in [0.3, 0.4) is 0 Å². The zero-order valence-electron chi connectivity index (χ0n) is 16.1. The summed E-state index contributed by atoms with van der Waals surface area (Å²) in [7, 11) is 0. The van der Waals surface area contributed by atoms with Crippen molar-refractivity contribution < 1.29 is 23.0 Å². The largest absolute Gasteiger partial charge is 0.487 e. The van der Waals surface area contributed by atoms with Crippen LogP contribution in [0, 0.1) is 0 Å². The van der Waals surface area contributed by atoms with Gasteiger partial charge in [0.2, 0.25) is 0 Å². The average molecular weight is 447 g/mol. The number of nitrogens with zero attached hydrogens (tertiary/aromatic N) is 1. The van der Waals surface area contributed by atoms with Gasteiger partial charge in [-0.3, -0.25) is 14.2 Å². The SMILES string of the molecule is O=C(Nc1ccc(OC(F)(F)Cl)cc1)c1ccc(=O)n(-c2cccc3c2COCC3)c1. The van der Waals surface area contributed by atoms with E-state index in [0.717, 1.165) is 17.5 Å². The fourth-order valence-electron chi connectivity index (χ4n) is 3.36. The fraction of sp³-hybridized carbons (Fsp3) is 0.182. The second-order valence-electron chi connectivity index (χ2n) is 6.87. The van der Waals surface area contributed by atoms with Crippen molar-refractivity contribution in [1.82, 2.24) is 4.57 Å². The van der Waals surface area contributed by atoms with Crippen LogP contribution in [0.5, 0.6) is 5.75 Å². The van der Waals surface area contributed by atoms with E-state index in [1.54, 1.807) is 0 Å². The zero-order chi connectivity index (χ0) is 22.0. The normalized spacial score (nSPS) is 13.4. The van der Waals surface area contributed by atoms with Crippen LogP contribution in [-0.2, 0) is 17.8 Å². The molecular weight excluding hydrogens is 430 g/mol. The highest BCUT2D eigenvalue weighted by molar-refractivity contribution is 6.20. The molecular formula is C22H17ClF2N2O4. The second-order valence-corrected chi connectivity index (χ2v) is 7.31. The lowest BCUT2D eigenvalue weighted by atomic mass is 10.0. The van der Waals surface area contributed by atoms with Gasteiger partial charge < -0.3 is 14.8 Å². The summed E-state index contributed by atoms with van der Waals surface area (Å²) in [6.07, 6.45) is 2.22. The van der Waals surface area contributed by atoms with Gasteiger partial charge in [0.15, 0.2) is 0 Å². The molecule has 0 aliphatic carbocycles. The predicted molar refractivity (Wildman–Crippen MR) is 111 cm³/mol. The smallest absolute Gasteiger partial charge is 0.420 e. The van der Waals surface area contributed by atoms with E-state index in [1.807, 2.05) is 18.2 Å². The van der Waals surface area contributed by atoms with E-state index in [1.165, 1.54) is 47.2 Å². The molecule has 0 saturated heterocycles. The Hall–Kier alpha value is -3.23. The fourth-order valence-corrected chi connectivity index (χ4v) is 3.45. The van der Waals surface area contributed by atoms with Crippen LogP contribution < -0.4 is 15.6 Å². The molecule has 0 saturated carbocycles. The maximum atomic E-state index is 12.7. The van der Waals surface area contributed by atoms with Crippen molar-refractivity contribution in [3.05, 3.63) is 87.8 Å². The Kier molecular flexibility index (Phi) is 5.75. The molecule has 1 amide bonds. The van der Waals surface area contributed by atoms with Gasteiger partial charge in [-0.15, -0.1) is 8.78 Å². The number of pyridine rings is 1. The number of rotatable bonds is 5. The number of carbonyl (C=O) groups excluding carboxylic acids is 1. The first-order valence-corrected chi connectivity index (χ1v) is 9.77. The number of carbonyl (C=O) groups is 1.